The first-order valence-corrected chi connectivity index (χ1v) is 13.0. The maximum Gasteiger partial charge on any atom is 0.124 e. The van der Waals surface area contributed by atoms with Gasteiger partial charge in [-0.2, -0.15) is 0 Å². The maximum atomic E-state index is 11.0. The minimum atomic E-state index is -0.0745. The van der Waals surface area contributed by atoms with Crippen LogP contribution in [0.25, 0.3) is 0 Å². The Labute approximate surface area is 223 Å². The summed E-state index contributed by atoms with van der Waals surface area (Å²) in [5, 5.41) is 35.0. The number of phenols is 1. The zero-order chi connectivity index (χ0) is 27.5. The average molecular weight is 517 g/mol. The minimum Gasteiger partial charge on any atom is -0.508 e. The lowest BCUT2D eigenvalue weighted by molar-refractivity contribution is 0.301. The first-order valence-electron chi connectivity index (χ1n) is 13.0. The third kappa shape index (κ3) is 10.8. The number of methoxy groups -OCH3 is 2. The van der Waals surface area contributed by atoms with Gasteiger partial charge in [-0.15, -0.1) is 0 Å². The smallest absolute Gasteiger partial charge is 0.124 e. The van der Waals surface area contributed by atoms with E-state index in [1.54, 1.807) is 14.2 Å². The molecule has 0 aliphatic carbocycles. The number of rotatable bonds is 3. The molecular weight excluding hydrogens is 468 g/mol. The Hall–Kier alpha value is -2.52. The Bertz CT molecular complexity index is 953. The van der Waals surface area contributed by atoms with Crippen molar-refractivity contribution in [1.82, 2.24) is 21.3 Å². The first kappa shape index (κ1) is 30.7. The molecule has 0 radical (unpaired) electrons. The standard InChI is InChI=1S/C29H48N4O4/c1-21(34)22-11-25(36-6)9-8-10-30-17-28(2,3)18-32-15-23-12-26(37-7)13-24(27(23)35)16-33-20-29(4,5)19-31-14-22/h9,11-13,30-35H,1,8,10,14-20H2,2-7H3/b22-11-,25-9+. The second kappa shape index (κ2) is 14.4. The first-order chi connectivity index (χ1) is 17.5. The molecule has 2 rings (SSSR count). The molecule has 37 heavy (non-hydrogen) atoms. The fourth-order valence-electron chi connectivity index (χ4n) is 4.20. The third-order valence-electron chi connectivity index (χ3n) is 6.43. The molecule has 1 heterocycles. The highest BCUT2D eigenvalue weighted by molar-refractivity contribution is 5.46. The van der Waals surface area contributed by atoms with Crippen LogP contribution in [-0.4, -0.2) is 63.7 Å². The fraction of sp³-hybridized carbons (Fsp3) is 0.586. The van der Waals surface area contributed by atoms with E-state index in [9.17, 15) is 10.2 Å². The van der Waals surface area contributed by atoms with E-state index >= 15 is 0 Å². The van der Waals surface area contributed by atoms with Crippen LogP contribution in [-0.2, 0) is 17.8 Å². The molecule has 0 amide bonds. The fourth-order valence-corrected chi connectivity index (χ4v) is 4.20. The van der Waals surface area contributed by atoms with E-state index in [2.05, 4.69) is 55.5 Å². The topological polar surface area (TPSA) is 107 Å². The van der Waals surface area contributed by atoms with Crippen molar-refractivity contribution >= 4 is 0 Å². The largest absolute Gasteiger partial charge is 0.508 e. The molecular formula is C29H48N4O4. The molecule has 0 aromatic heterocycles. The number of hydrogen-bond donors (Lipinski definition) is 6. The third-order valence-corrected chi connectivity index (χ3v) is 6.43. The van der Waals surface area contributed by atoms with Crippen LogP contribution in [0.4, 0.5) is 0 Å². The van der Waals surface area contributed by atoms with Crippen molar-refractivity contribution in [2.75, 3.05) is 53.5 Å². The Balaban J connectivity index is 2.24. The van der Waals surface area contributed by atoms with Gasteiger partial charge >= 0.3 is 0 Å². The lowest BCUT2D eigenvalue weighted by Gasteiger charge is -2.27. The van der Waals surface area contributed by atoms with Crippen molar-refractivity contribution < 1.29 is 19.7 Å². The molecule has 1 aliphatic rings. The van der Waals surface area contributed by atoms with Crippen LogP contribution in [0, 0.1) is 10.8 Å². The van der Waals surface area contributed by atoms with Crippen molar-refractivity contribution in [2.45, 2.75) is 47.2 Å². The zero-order valence-electron chi connectivity index (χ0n) is 23.6. The monoisotopic (exact) mass is 516 g/mol. The summed E-state index contributed by atoms with van der Waals surface area (Å²) in [6.45, 7) is 17.9. The number of ether oxygens (including phenoxy) is 2. The Kier molecular flexibility index (Phi) is 12.0. The van der Waals surface area contributed by atoms with E-state index in [1.165, 1.54) is 0 Å². The van der Waals surface area contributed by atoms with Crippen LogP contribution in [0.5, 0.6) is 11.5 Å². The summed E-state index contributed by atoms with van der Waals surface area (Å²) in [4.78, 5) is 0. The summed E-state index contributed by atoms with van der Waals surface area (Å²) < 4.78 is 11.0. The van der Waals surface area contributed by atoms with E-state index in [0.717, 1.165) is 56.0 Å². The molecule has 1 aromatic rings. The quantitative estimate of drug-likeness (QED) is 0.338. The van der Waals surface area contributed by atoms with Gasteiger partial charge in [0.05, 0.1) is 14.2 Å². The lowest BCUT2D eigenvalue weighted by Crippen LogP contribution is -2.38. The number of aromatic hydroxyl groups is 1. The SMILES string of the molecule is C=C(O)/C1=C\C(OC)=C/CCNCC(C)(C)CNCc2cc(OC)cc(c2O)CNCC(C)(C)CNC1. The average Bonchev–Trinajstić information content (AvgIpc) is 2.83. The highest BCUT2D eigenvalue weighted by Gasteiger charge is 2.20. The Morgan fingerprint density at radius 3 is 1.84 bits per heavy atom. The van der Waals surface area contributed by atoms with Gasteiger partial charge in [0.15, 0.2) is 0 Å². The van der Waals surface area contributed by atoms with E-state index in [0.29, 0.717) is 36.7 Å². The van der Waals surface area contributed by atoms with Gasteiger partial charge in [0.2, 0.25) is 0 Å². The number of aliphatic hydroxyl groups excluding tert-OH is 1. The minimum absolute atomic E-state index is 0.0165. The highest BCUT2D eigenvalue weighted by atomic mass is 16.5. The predicted octanol–water partition coefficient (Wildman–Crippen LogP) is 3.74. The van der Waals surface area contributed by atoms with Crippen molar-refractivity contribution in [3.63, 3.8) is 0 Å². The summed E-state index contributed by atoms with van der Waals surface area (Å²) >= 11 is 0. The van der Waals surface area contributed by atoms with Crippen LogP contribution in [0.15, 0.2) is 48.0 Å². The summed E-state index contributed by atoms with van der Waals surface area (Å²) in [5.41, 5.74) is 2.26. The Morgan fingerprint density at radius 2 is 1.35 bits per heavy atom. The predicted molar refractivity (Wildman–Crippen MR) is 151 cm³/mol. The summed E-state index contributed by atoms with van der Waals surface area (Å²) in [6, 6.07) is 3.78. The van der Waals surface area contributed by atoms with Gasteiger partial charge in [0, 0.05) is 62.5 Å². The van der Waals surface area contributed by atoms with Gasteiger partial charge in [-0.25, -0.2) is 0 Å². The lowest BCUT2D eigenvalue weighted by atomic mass is 9.93. The Morgan fingerprint density at radius 1 is 0.838 bits per heavy atom. The van der Waals surface area contributed by atoms with Crippen LogP contribution in [0.3, 0.4) is 0 Å². The second-order valence-corrected chi connectivity index (χ2v) is 11.3. The van der Waals surface area contributed by atoms with Crippen LogP contribution in [0.1, 0.15) is 45.2 Å². The number of allylic oxidation sites excluding steroid dienone is 1. The number of fused-ring (bicyclic) bond motifs is 2. The second-order valence-electron chi connectivity index (χ2n) is 11.3. The van der Waals surface area contributed by atoms with Crippen molar-refractivity contribution in [1.29, 1.82) is 0 Å². The van der Waals surface area contributed by atoms with Gasteiger partial charge < -0.3 is 41.0 Å². The summed E-state index contributed by atoms with van der Waals surface area (Å²) in [6.07, 6.45) is 4.65. The van der Waals surface area contributed by atoms with Gasteiger partial charge in [0.1, 0.15) is 23.0 Å². The summed E-state index contributed by atoms with van der Waals surface area (Å²) in [5.74, 6) is 1.76. The molecule has 1 aromatic carbocycles. The molecule has 0 spiro atoms. The number of nitrogens with one attached hydrogen (secondary N) is 4. The van der Waals surface area contributed by atoms with Crippen molar-refractivity contribution in [3.8, 4) is 11.5 Å². The number of phenolic OH excluding ortho intramolecular Hbond substituents is 1. The van der Waals surface area contributed by atoms with E-state index in [4.69, 9.17) is 9.47 Å². The molecule has 8 heteroatoms. The van der Waals surface area contributed by atoms with Crippen molar-refractivity contribution in [2.24, 2.45) is 10.8 Å². The van der Waals surface area contributed by atoms with E-state index in [-0.39, 0.29) is 16.6 Å². The molecule has 0 unspecified atom stereocenters. The van der Waals surface area contributed by atoms with Crippen LogP contribution < -0.4 is 26.0 Å². The number of hydrogen-bond acceptors (Lipinski definition) is 8. The molecule has 8 nitrogen and oxygen atoms in total. The van der Waals surface area contributed by atoms with Gasteiger partial charge in [-0.3, -0.25) is 0 Å². The van der Waals surface area contributed by atoms with E-state index in [1.807, 2.05) is 24.3 Å². The van der Waals surface area contributed by atoms with Gasteiger partial charge in [-0.1, -0.05) is 34.3 Å². The highest BCUT2D eigenvalue weighted by Crippen LogP contribution is 2.29. The molecule has 0 fully saturated rings. The molecule has 6 N–H and O–H groups in total. The van der Waals surface area contributed by atoms with Crippen molar-refractivity contribution in [3.05, 3.63) is 59.1 Å². The molecule has 2 bridgehead atoms. The molecule has 208 valence electrons. The van der Waals surface area contributed by atoms with Crippen LogP contribution in [0.2, 0.25) is 0 Å². The number of aliphatic hydroxyl groups is 1. The van der Waals surface area contributed by atoms with Crippen LogP contribution >= 0.6 is 0 Å². The van der Waals surface area contributed by atoms with Gasteiger partial charge in [-0.05, 0) is 48.1 Å². The summed E-state index contributed by atoms with van der Waals surface area (Å²) in [7, 11) is 3.28. The van der Waals surface area contributed by atoms with Gasteiger partial charge in [0.25, 0.3) is 0 Å². The molecule has 0 atom stereocenters. The normalized spacial score (nSPS) is 23.2. The molecule has 0 saturated heterocycles. The molecule has 0 saturated carbocycles. The zero-order valence-corrected chi connectivity index (χ0v) is 23.6. The van der Waals surface area contributed by atoms with E-state index < -0.39 is 0 Å². The maximum absolute atomic E-state index is 11.0. The molecule has 1 aliphatic heterocycles. The number of benzene rings is 1.